The maximum absolute atomic E-state index is 11.1. The van der Waals surface area contributed by atoms with Gasteiger partial charge in [-0.1, -0.05) is 11.6 Å². The molecule has 0 aromatic heterocycles. The van der Waals surface area contributed by atoms with E-state index in [1.54, 1.807) is 0 Å². The van der Waals surface area contributed by atoms with Crippen molar-refractivity contribution in [1.29, 1.82) is 0 Å². The summed E-state index contributed by atoms with van der Waals surface area (Å²) in [6, 6.07) is 0. The number of ketones is 1. The van der Waals surface area contributed by atoms with Crippen molar-refractivity contribution in [3.05, 3.63) is 11.6 Å². The molecular formula is C10H14O. The number of hydrogen-bond acceptors (Lipinski definition) is 1. The normalized spacial score (nSPS) is 36.8. The Morgan fingerprint density at radius 1 is 1.27 bits per heavy atom. The van der Waals surface area contributed by atoms with E-state index in [9.17, 15) is 4.79 Å². The predicted octanol–water partition coefficient (Wildman–Crippen LogP) is 2.32. The molecule has 1 fully saturated rings. The molecule has 0 spiro atoms. The van der Waals surface area contributed by atoms with Crippen molar-refractivity contribution in [2.75, 3.05) is 0 Å². The van der Waals surface area contributed by atoms with Gasteiger partial charge in [0.05, 0.1) is 0 Å². The largest absolute Gasteiger partial charge is 0.300 e. The maximum atomic E-state index is 11.1. The second-order valence-corrected chi connectivity index (χ2v) is 3.96. The Morgan fingerprint density at radius 2 is 2.00 bits per heavy atom. The fourth-order valence-corrected chi connectivity index (χ4v) is 2.37. The van der Waals surface area contributed by atoms with Crippen LogP contribution in [0.1, 0.15) is 32.6 Å². The number of carbonyl (C=O) groups excluding carboxylic acids is 1. The van der Waals surface area contributed by atoms with Gasteiger partial charge in [0, 0.05) is 12.8 Å². The van der Waals surface area contributed by atoms with Gasteiger partial charge in [0.1, 0.15) is 5.78 Å². The molecule has 1 nitrogen and oxygen atoms in total. The Balaban J connectivity index is 2.12. The van der Waals surface area contributed by atoms with Crippen molar-refractivity contribution in [2.24, 2.45) is 11.8 Å². The summed E-state index contributed by atoms with van der Waals surface area (Å²) in [7, 11) is 0. The molecule has 2 aliphatic carbocycles. The van der Waals surface area contributed by atoms with E-state index in [1.807, 2.05) is 0 Å². The van der Waals surface area contributed by atoms with Crippen molar-refractivity contribution < 1.29 is 4.79 Å². The lowest BCUT2D eigenvalue weighted by molar-refractivity contribution is -0.117. The van der Waals surface area contributed by atoms with Crippen LogP contribution in [0.5, 0.6) is 0 Å². The van der Waals surface area contributed by atoms with Crippen LogP contribution in [0.2, 0.25) is 0 Å². The number of hydrogen-bond donors (Lipinski definition) is 0. The van der Waals surface area contributed by atoms with Crippen LogP contribution in [-0.2, 0) is 4.79 Å². The quantitative estimate of drug-likeness (QED) is 0.484. The van der Waals surface area contributed by atoms with E-state index in [2.05, 4.69) is 13.0 Å². The van der Waals surface area contributed by atoms with Crippen LogP contribution in [0.3, 0.4) is 0 Å². The molecule has 0 aromatic carbocycles. The first-order valence-electron chi connectivity index (χ1n) is 4.43. The average Bonchev–Trinajstić information content (AvgIpc) is 2.27. The number of allylic oxidation sites excluding steroid dienone is 2. The molecule has 0 aliphatic heterocycles. The Hall–Kier alpha value is -0.590. The van der Waals surface area contributed by atoms with E-state index in [-0.39, 0.29) is 0 Å². The minimum Gasteiger partial charge on any atom is -0.300 e. The van der Waals surface area contributed by atoms with Crippen LogP contribution in [0.25, 0.3) is 0 Å². The molecule has 0 bridgehead atoms. The van der Waals surface area contributed by atoms with Gasteiger partial charge in [0.2, 0.25) is 0 Å². The van der Waals surface area contributed by atoms with Gasteiger partial charge in [-0.15, -0.1) is 0 Å². The second-order valence-electron chi connectivity index (χ2n) is 3.96. The van der Waals surface area contributed by atoms with Crippen molar-refractivity contribution in [1.82, 2.24) is 0 Å². The molecule has 0 heterocycles. The topological polar surface area (TPSA) is 17.1 Å². The fraction of sp³-hybridized carbons (Fsp3) is 0.700. The van der Waals surface area contributed by atoms with E-state index in [0.29, 0.717) is 17.6 Å². The summed E-state index contributed by atoms with van der Waals surface area (Å²) >= 11 is 0. The van der Waals surface area contributed by atoms with Gasteiger partial charge in [-0.25, -0.2) is 0 Å². The highest BCUT2D eigenvalue weighted by molar-refractivity contribution is 5.81. The predicted molar refractivity (Wildman–Crippen MR) is 44.2 cm³/mol. The minimum absolute atomic E-state index is 0.489. The Labute approximate surface area is 67.5 Å². The summed E-state index contributed by atoms with van der Waals surface area (Å²) in [6.07, 6.45) is 6.35. The van der Waals surface area contributed by atoms with Crippen LogP contribution >= 0.6 is 0 Å². The summed E-state index contributed by atoms with van der Waals surface area (Å²) in [4.78, 5) is 11.1. The second kappa shape index (κ2) is 2.47. The highest BCUT2D eigenvalue weighted by Crippen LogP contribution is 2.39. The van der Waals surface area contributed by atoms with Crippen LogP contribution < -0.4 is 0 Å². The molecule has 0 radical (unpaired) electrons. The minimum atomic E-state index is 0.489. The van der Waals surface area contributed by atoms with Gasteiger partial charge in [-0.2, -0.15) is 0 Å². The van der Waals surface area contributed by atoms with Crippen LogP contribution in [-0.4, -0.2) is 5.78 Å². The van der Waals surface area contributed by atoms with Gasteiger partial charge in [-0.3, -0.25) is 4.79 Å². The molecule has 2 rings (SSSR count). The number of rotatable bonds is 0. The summed E-state index contributed by atoms with van der Waals surface area (Å²) in [5.74, 6) is 1.89. The first-order chi connectivity index (χ1) is 5.25. The molecule has 1 saturated carbocycles. The molecule has 0 saturated heterocycles. The van der Waals surface area contributed by atoms with Crippen LogP contribution in [0.4, 0.5) is 0 Å². The van der Waals surface area contributed by atoms with Gasteiger partial charge in [0.15, 0.2) is 0 Å². The van der Waals surface area contributed by atoms with E-state index in [4.69, 9.17) is 0 Å². The molecule has 2 aliphatic rings. The third kappa shape index (κ3) is 1.24. The summed E-state index contributed by atoms with van der Waals surface area (Å²) in [5.41, 5.74) is 1.49. The molecule has 0 N–H and O–H groups in total. The third-order valence-electron chi connectivity index (χ3n) is 3.00. The lowest BCUT2D eigenvalue weighted by Crippen LogP contribution is -2.11. The Bertz CT molecular complexity index is 215. The van der Waals surface area contributed by atoms with Gasteiger partial charge >= 0.3 is 0 Å². The molecule has 2 atom stereocenters. The molecule has 0 amide bonds. The fourth-order valence-electron chi connectivity index (χ4n) is 2.37. The molecule has 11 heavy (non-hydrogen) atoms. The average molecular weight is 150 g/mol. The lowest BCUT2D eigenvalue weighted by Gasteiger charge is -2.22. The van der Waals surface area contributed by atoms with Crippen LogP contribution in [0, 0.1) is 11.8 Å². The van der Waals surface area contributed by atoms with E-state index < -0.39 is 0 Å². The first kappa shape index (κ1) is 7.08. The number of carbonyl (C=O) groups is 1. The van der Waals surface area contributed by atoms with Gasteiger partial charge in [0.25, 0.3) is 0 Å². The van der Waals surface area contributed by atoms with Crippen LogP contribution in [0.15, 0.2) is 11.6 Å². The first-order valence-corrected chi connectivity index (χ1v) is 4.43. The molecule has 1 heteroatoms. The zero-order valence-electron chi connectivity index (χ0n) is 6.97. The van der Waals surface area contributed by atoms with E-state index in [1.165, 1.54) is 12.0 Å². The highest BCUT2D eigenvalue weighted by Gasteiger charge is 2.33. The highest BCUT2D eigenvalue weighted by atomic mass is 16.1. The summed E-state index contributed by atoms with van der Waals surface area (Å²) < 4.78 is 0. The smallest absolute Gasteiger partial charge is 0.133 e. The Kier molecular flexibility index (Phi) is 1.59. The standard InChI is InChI=1S/C10H14O/c1-7-2-3-8-5-10(11)6-9(8)4-7/h2,8-9H,3-6H2,1H3/t8-,9-/m1/s1. The zero-order chi connectivity index (χ0) is 7.84. The van der Waals surface area contributed by atoms with Crippen molar-refractivity contribution in [2.45, 2.75) is 32.6 Å². The lowest BCUT2D eigenvalue weighted by atomic mass is 9.83. The van der Waals surface area contributed by atoms with Gasteiger partial charge in [-0.05, 0) is 31.6 Å². The van der Waals surface area contributed by atoms with E-state index in [0.717, 1.165) is 19.3 Å². The summed E-state index contributed by atoms with van der Waals surface area (Å²) in [6.45, 7) is 2.18. The monoisotopic (exact) mass is 150 g/mol. The summed E-state index contributed by atoms with van der Waals surface area (Å²) in [5, 5.41) is 0. The molecule has 0 unspecified atom stereocenters. The molecular weight excluding hydrogens is 136 g/mol. The molecule has 60 valence electrons. The zero-order valence-corrected chi connectivity index (χ0v) is 6.97. The Morgan fingerprint density at radius 3 is 2.82 bits per heavy atom. The van der Waals surface area contributed by atoms with Crippen molar-refractivity contribution >= 4 is 5.78 Å². The van der Waals surface area contributed by atoms with Gasteiger partial charge < -0.3 is 0 Å². The third-order valence-corrected chi connectivity index (χ3v) is 3.00. The van der Waals surface area contributed by atoms with E-state index >= 15 is 0 Å². The van der Waals surface area contributed by atoms with Crippen molar-refractivity contribution in [3.8, 4) is 0 Å². The molecule has 0 aromatic rings. The number of Topliss-reactive ketones (excluding diaryl/α,β-unsaturated/α-hetero) is 1. The SMILES string of the molecule is CC1=CC[C@@H]2CC(=O)C[C@H]2C1. The maximum Gasteiger partial charge on any atom is 0.133 e. The number of fused-ring (bicyclic) bond motifs is 1. The van der Waals surface area contributed by atoms with Crippen molar-refractivity contribution in [3.63, 3.8) is 0 Å².